The molecule has 0 saturated carbocycles. The summed E-state index contributed by atoms with van der Waals surface area (Å²) in [5.74, 6) is 0.674. The van der Waals surface area contributed by atoms with E-state index >= 15 is 0 Å². The van der Waals surface area contributed by atoms with Crippen LogP contribution in [0.15, 0.2) is 30.3 Å². The monoisotopic (exact) mass is 353 g/mol. The van der Waals surface area contributed by atoms with Crippen molar-refractivity contribution < 1.29 is 31.0 Å². The maximum Gasteiger partial charge on any atom is 0.315 e. The molecular formula is C17H24BrNO2. The lowest BCUT2D eigenvalue weighted by molar-refractivity contribution is -0.938. The molecule has 0 N–H and O–H groups in total. The van der Waals surface area contributed by atoms with Crippen LogP contribution in [0, 0.1) is 11.8 Å². The average molecular weight is 354 g/mol. The van der Waals surface area contributed by atoms with Crippen LogP contribution in [0.25, 0.3) is 0 Å². The van der Waals surface area contributed by atoms with E-state index in [0.29, 0.717) is 18.6 Å². The lowest BCUT2D eigenvalue weighted by atomic mass is 9.92. The molecule has 21 heavy (non-hydrogen) atoms. The molecule has 0 radical (unpaired) electrons. The third kappa shape index (κ3) is 2.88. The minimum absolute atomic E-state index is 0. The predicted molar refractivity (Wildman–Crippen MR) is 77.9 cm³/mol. The van der Waals surface area contributed by atoms with Crippen molar-refractivity contribution in [1.82, 2.24) is 0 Å². The van der Waals surface area contributed by atoms with Crippen LogP contribution >= 0.6 is 0 Å². The summed E-state index contributed by atoms with van der Waals surface area (Å²) in [5, 5.41) is 0. The number of rotatable bonds is 4. The number of fused-ring (bicyclic) bond motifs is 2. The molecule has 3 rings (SSSR count). The quantitative estimate of drug-likeness (QED) is 0.552. The lowest BCUT2D eigenvalue weighted by Crippen LogP contribution is -3.00. The Kier molecular flexibility index (Phi) is 5.10. The van der Waals surface area contributed by atoms with Gasteiger partial charge in [-0.15, -0.1) is 0 Å². The van der Waals surface area contributed by atoms with E-state index in [1.165, 1.54) is 18.5 Å². The number of hydrogen-bond donors (Lipinski definition) is 0. The van der Waals surface area contributed by atoms with Crippen molar-refractivity contribution in [3.63, 3.8) is 0 Å². The number of carbonyl (C=O) groups excluding carboxylic acids is 1. The summed E-state index contributed by atoms with van der Waals surface area (Å²) in [7, 11) is 0. The molecular weight excluding hydrogens is 330 g/mol. The summed E-state index contributed by atoms with van der Waals surface area (Å²) in [6, 6.07) is 11.2. The summed E-state index contributed by atoms with van der Waals surface area (Å²) >= 11 is 0. The van der Waals surface area contributed by atoms with E-state index in [-0.39, 0.29) is 28.9 Å². The summed E-state index contributed by atoms with van der Waals surface area (Å²) in [5.41, 5.74) is 1.39. The molecule has 2 saturated heterocycles. The molecule has 0 aliphatic carbocycles. The molecule has 2 heterocycles. The SMILES string of the molecule is CCOC(=O)[C@@H]1C[N+]2([C@H](C)c3ccccc3)CC[C@H]1C2.[Br-]. The summed E-state index contributed by atoms with van der Waals surface area (Å²) < 4.78 is 6.33. The zero-order valence-electron chi connectivity index (χ0n) is 12.8. The highest BCUT2D eigenvalue weighted by molar-refractivity contribution is 5.73. The van der Waals surface area contributed by atoms with E-state index in [1.807, 2.05) is 6.92 Å². The molecule has 0 aromatic heterocycles. The third-order valence-electron chi connectivity index (χ3n) is 5.37. The highest BCUT2D eigenvalue weighted by atomic mass is 79.9. The van der Waals surface area contributed by atoms with Gasteiger partial charge < -0.3 is 26.2 Å². The van der Waals surface area contributed by atoms with E-state index in [0.717, 1.165) is 17.6 Å². The van der Waals surface area contributed by atoms with Gasteiger partial charge in [-0.05, 0) is 13.8 Å². The Morgan fingerprint density at radius 2 is 2.05 bits per heavy atom. The fourth-order valence-corrected chi connectivity index (χ4v) is 4.18. The van der Waals surface area contributed by atoms with E-state index in [4.69, 9.17) is 4.74 Å². The number of hydrogen-bond acceptors (Lipinski definition) is 2. The number of esters is 1. The van der Waals surface area contributed by atoms with Crippen LogP contribution in [0.2, 0.25) is 0 Å². The van der Waals surface area contributed by atoms with Crippen molar-refractivity contribution in [3.8, 4) is 0 Å². The predicted octanol–water partition coefficient (Wildman–Crippen LogP) is -0.219. The Morgan fingerprint density at radius 3 is 2.71 bits per heavy atom. The smallest absolute Gasteiger partial charge is 0.315 e. The van der Waals surface area contributed by atoms with E-state index < -0.39 is 0 Å². The molecule has 1 unspecified atom stereocenters. The molecule has 1 aromatic rings. The van der Waals surface area contributed by atoms with Crippen molar-refractivity contribution in [2.45, 2.75) is 26.3 Å². The van der Waals surface area contributed by atoms with Crippen molar-refractivity contribution in [2.24, 2.45) is 11.8 Å². The molecule has 0 spiro atoms. The number of nitrogens with zero attached hydrogens (tertiary/aromatic N) is 1. The molecule has 2 bridgehead atoms. The second kappa shape index (κ2) is 6.49. The molecule has 2 aliphatic rings. The first-order chi connectivity index (χ1) is 9.66. The van der Waals surface area contributed by atoms with Gasteiger partial charge in [0.05, 0.1) is 26.2 Å². The zero-order chi connectivity index (χ0) is 14.2. The Balaban J connectivity index is 0.00000161. The van der Waals surface area contributed by atoms with Crippen molar-refractivity contribution >= 4 is 5.97 Å². The molecule has 4 heteroatoms. The van der Waals surface area contributed by atoms with Gasteiger partial charge in [0, 0.05) is 17.9 Å². The lowest BCUT2D eigenvalue weighted by Gasteiger charge is -2.39. The van der Waals surface area contributed by atoms with Crippen molar-refractivity contribution in [2.75, 3.05) is 26.2 Å². The molecule has 3 nitrogen and oxygen atoms in total. The van der Waals surface area contributed by atoms with Gasteiger partial charge in [0.25, 0.3) is 0 Å². The Hall–Kier alpha value is -0.870. The van der Waals surface area contributed by atoms with Crippen LogP contribution in [0.5, 0.6) is 0 Å². The minimum Gasteiger partial charge on any atom is -1.00 e. The third-order valence-corrected chi connectivity index (χ3v) is 5.37. The first kappa shape index (κ1) is 16.5. The Morgan fingerprint density at radius 1 is 1.33 bits per heavy atom. The van der Waals surface area contributed by atoms with Crippen LogP contribution in [0.3, 0.4) is 0 Å². The normalized spacial score (nSPS) is 31.5. The van der Waals surface area contributed by atoms with E-state index in [2.05, 4.69) is 37.3 Å². The van der Waals surface area contributed by atoms with Crippen LogP contribution < -0.4 is 17.0 Å². The number of quaternary nitrogens is 1. The number of carbonyl (C=O) groups is 1. The van der Waals surface area contributed by atoms with Crippen LogP contribution in [-0.4, -0.2) is 36.7 Å². The van der Waals surface area contributed by atoms with Gasteiger partial charge in [0.2, 0.25) is 0 Å². The fraction of sp³-hybridized carbons (Fsp3) is 0.588. The van der Waals surface area contributed by atoms with Gasteiger partial charge in [0.15, 0.2) is 0 Å². The molecule has 1 aromatic carbocycles. The number of benzene rings is 1. The van der Waals surface area contributed by atoms with Gasteiger partial charge in [-0.2, -0.15) is 0 Å². The van der Waals surface area contributed by atoms with Crippen LogP contribution in [0.1, 0.15) is 31.9 Å². The Labute approximate surface area is 137 Å². The highest BCUT2D eigenvalue weighted by Crippen LogP contribution is 2.46. The summed E-state index contributed by atoms with van der Waals surface area (Å²) in [4.78, 5) is 12.1. The number of halogens is 1. The van der Waals surface area contributed by atoms with Gasteiger partial charge in [-0.1, -0.05) is 30.3 Å². The Bertz CT molecular complexity index is 493. The zero-order valence-corrected chi connectivity index (χ0v) is 14.4. The van der Waals surface area contributed by atoms with E-state index in [1.54, 1.807) is 0 Å². The number of piperidine rings is 1. The van der Waals surface area contributed by atoms with Gasteiger partial charge >= 0.3 is 5.97 Å². The second-order valence-electron chi connectivity index (χ2n) is 6.30. The first-order valence-electron chi connectivity index (χ1n) is 7.73. The molecule has 2 aliphatic heterocycles. The maximum absolute atomic E-state index is 12.1. The largest absolute Gasteiger partial charge is 1.00 e. The fourth-order valence-electron chi connectivity index (χ4n) is 4.18. The second-order valence-corrected chi connectivity index (χ2v) is 6.30. The van der Waals surface area contributed by atoms with Crippen LogP contribution in [0.4, 0.5) is 0 Å². The van der Waals surface area contributed by atoms with Crippen molar-refractivity contribution in [1.29, 1.82) is 0 Å². The molecule has 4 atom stereocenters. The van der Waals surface area contributed by atoms with Gasteiger partial charge in [-0.3, -0.25) is 4.79 Å². The molecule has 116 valence electrons. The standard InChI is InChI=1S/C17H24NO2.BrH/c1-3-20-17(19)16-12-18(10-9-15(16)11-18)13(2)14-7-5-4-6-8-14;/h4-8,13,15-16H,3,9-12H2,1-2H3;1H/q+1;/p-1/t13-,15+,16-,18?;/m1./s1. The molecule has 2 fully saturated rings. The number of ether oxygens (including phenoxy) is 1. The maximum atomic E-state index is 12.1. The minimum atomic E-state index is 0. The average Bonchev–Trinajstić information content (AvgIpc) is 3.07. The first-order valence-corrected chi connectivity index (χ1v) is 7.73. The summed E-state index contributed by atoms with van der Waals surface area (Å²) in [6.07, 6.45) is 1.17. The van der Waals surface area contributed by atoms with E-state index in [9.17, 15) is 4.79 Å². The van der Waals surface area contributed by atoms with Gasteiger partial charge in [0.1, 0.15) is 12.0 Å². The molecule has 0 amide bonds. The van der Waals surface area contributed by atoms with Gasteiger partial charge in [-0.25, -0.2) is 0 Å². The van der Waals surface area contributed by atoms with Crippen molar-refractivity contribution in [3.05, 3.63) is 35.9 Å². The van der Waals surface area contributed by atoms with Crippen LogP contribution in [-0.2, 0) is 9.53 Å². The topological polar surface area (TPSA) is 26.3 Å². The highest BCUT2D eigenvalue weighted by Gasteiger charge is 2.56. The summed E-state index contributed by atoms with van der Waals surface area (Å²) in [6.45, 7) is 8.00.